The van der Waals surface area contributed by atoms with E-state index in [1.54, 1.807) is 6.20 Å². The van der Waals surface area contributed by atoms with E-state index in [-0.39, 0.29) is 0 Å². The van der Waals surface area contributed by atoms with Crippen LogP contribution < -0.4 is 4.74 Å². The molecule has 0 saturated carbocycles. The maximum atomic E-state index is 5.78. The van der Waals surface area contributed by atoms with Crippen LogP contribution in [0, 0.1) is 0 Å². The van der Waals surface area contributed by atoms with Gasteiger partial charge in [0.05, 0.1) is 0 Å². The summed E-state index contributed by atoms with van der Waals surface area (Å²) in [5, 5.41) is 2.16. The molecule has 0 amide bonds. The number of ether oxygens (including phenoxy) is 1. The molecule has 17 heavy (non-hydrogen) atoms. The molecule has 0 atom stereocenters. The predicted molar refractivity (Wildman–Crippen MR) is 68.3 cm³/mol. The van der Waals surface area contributed by atoms with Crippen LogP contribution in [0.15, 0.2) is 66.9 Å². The van der Waals surface area contributed by atoms with Gasteiger partial charge in [0.15, 0.2) is 0 Å². The average Bonchev–Trinajstić information content (AvgIpc) is 2.40. The Morgan fingerprint density at radius 1 is 0.765 bits per heavy atom. The van der Waals surface area contributed by atoms with Gasteiger partial charge in [0.25, 0.3) is 0 Å². The number of hydrogen-bond acceptors (Lipinski definition) is 2. The van der Waals surface area contributed by atoms with Gasteiger partial charge in [-0.15, -0.1) is 0 Å². The summed E-state index contributed by atoms with van der Waals surface area (Å²) in [6.07, 6.45) is 1.76. The zero-order chi connectivity index (χ0) is 11.5. The van der Waals surface area contributed by atoms with Crippen LogP contribution >= 0.6 is 0 Å². The molecular formula is C15H11NO. The van der Waals surface area contributed by atoms with Crippen molar-refractivity contribution in [2.45, 2.75) is 0 Å². The molecule has 0 saturated heterocycles. The maximum Gasteiger partial charge on any atom is 0.227 e. The number of aromatic nitrogens is 1. The number of para-hydroxylation sites is 1. The number of rotatable bonds is 2. The maximum absolute atomic E-state index is 5.78. The fraction of sp³-hybridized carbons (Fsp3) is 0. The van der Waals surface area contributed by atoms with E-state index in [0.717, 1.165) is 16.5 Å². The van der Waals surface area contributed by atoms with Gasteiger partial charge < -0.3 is 4.74 Å². The number of hydrogen-bond donors (Lipinski definition) is 0. The van der Waals surface area contributed by atoms with Crippen LogP contribution in [0.5, 0.6) is 11.6 Å². The van der Waals surface area contributed by atoms with Crippen LogP contribution in [0.3, 0.4) is 0 Å². The van der Waals surface area contributed by atoms with Crippen molar-refractivity contribution >= 4 is 10.8 Å². The zero-order valence-corrected chi connectivity index (χ0v) is 9.21. The molecule has 0 N–H and O–H groups in total. The SMILES string of the molecule is c1ccc(Oc2nccc3ccccc23)cc1. The average molecular weight is 221 g/mol. The Labute approximate surface area is 99.5 Å². The number of pyridine rings is 1. The van der Waals surface area contributed by atoms with Crippen LogP contribution in [0.1, 0.15) is 0 Å². The topological polar surface area (TPSA) is 22.1 Å². The molecule has 3 rings (SSSR count). The van der Waals surface area contributed by atoms with Gasteiger partial charge in [0, 0.05) is 11.6 Å². The lowest BCUT2D eigenvalue weighted by atomic mass is 10.2. The highest BCUT2D eigenvalue weighted by atomic mass is 16.5. The Morgan fingerprint density at radius 3 is 2.41 bits per heavy atom. The molecule has 82 valence electrons. The van der Waals surface area contributed by atoms with Gasteiger partial charge in [-0.05, 0) is 29.7 Å². The number of nitrogens with zero attached hydrogens (tertiary/aromatic N) is 1. The van der Waals surface area contributed by atoms with Crippen LogP contribution in [-0.2, 0) is 0 Å². The van der Waals surface area contributed by atoms with E-state index in [1.807, 2.05) is 54.6 Å². The lowest BCUT2D eigenvalue weighted by Gasteiger charge is -2.07. The second kappa shape index (κ2) is 4.26. The third-order valence-corrected chi connectivity index (χ3v) is 2.59. The standard InChI is InChI=1S/C15H11NO/c1-2-7-13(8-3-1)17-15-14-9-5-4-6-12(14)10-11-16-15/h1-11H. The van der Waals surface area contributed by atoms with Crippen molar-refractivity contribution in [2.24, 2.45) is 0 Å². The van der Waals surface area contributed by atoms with E-state index in [2.05, 4.69) is 11.1 Å². The van der Waals surface area contributed by atoms with Gasteiger partial charge in [-0.1, -0.05) is 36.4 Å². The summed E-state index contributed by atoms with van der Waals surface area (Å²) in [4.78, 5) is 4.28. The third kappa shape index (κ3) is 1.97. The molecule has 0 aliphatic carbocycles. The first-order chi connectivity index (χ1) is 8.43. The van der Waals surface area contributed by atoms with E-state index in [4.69, 9.17) is 4.74 Å². The highest BCUT2D eigenvalue weighted by molar-refractivity contribution is 5.86. The highest BCUT2D eigenvalue weighted by Crippen LogP contribution is 2.26. The van der Waals surface area contributed by atoms with Crippen molar-refractivity contribution in [1.82, 2.24) is 4.98 Å². The third-order valence-electron chi connectivity index (χ3n) is 2.59. The Balaban J connectivity index is 2.06. The van der Waals surface area contributed by atoms with Crippen molar-refractivity contribution in [1.29, 1.82) is 0 Å². The molecule has 0 radical (unpaired) electrons. The molecule has 3 aromatic rings. The molecule has 2 heteroatoms. The lowest BCUT2D eigenvalue weighted by Crippen LogP contribution is -1.88. The molecule has 0 fully saturated rings. The number of benzene rings is 2. The molecule has 2 nitrogen and oxygen atoms in total. The Morgan fingerprint density at radius 2 is 1.53 bits per heavy atom. The van der Waals surface area contributed by atoms with E-state index in [1.165, 1.54) is 0 Å². The second-order valence-electron chi connectivity index (χ2n) is 3.75. The lowest BCUT2D eigenvalue weighted by molar-refractivity contribution is 0.469. The minimum absolute atomic E-state index is 0.648. The summed E-state index contributed by atoms with van der Waals surface area (Å²) < 4.78 is 5.78. The first-order valence-electron chi connectivity index (χ1n) is 5.50. The molecule has 0 unspecified atom stereocenters. The molecule has 0 aliphatic heterocycles. The van der Waals surface area contributed by atoms with Crippen molar-refractivity contribution < 1.29 is 4.74 Å². The Bertz CT molecular complexity index is 629. The minimum atomic E-state index is 0.648. The molecule has 2 aromatic carbocycles. The quantitative estimate of drug-likeness (QED) is 0.651. The molecule has 0 aliphatic rings. The first kappa shape index (κ1) is 9.85. The van der Waals surface area contributed by atoms with Gasteiger partial charge in [-0.25, -0.2) is 4.98 Å². The predicted octanol–water partition coefficient (Wildman–Crippen LogP) is 4.03. The van der Waals surface area contributed by atoms with Crippen LogP contribution in [0.2, 0.25) is 0 Å². The summed E-state index contributed by atoms with van der Waals surface area (Å²) in [5.74, 6) is 1.45. The molecule has 0 spiro atoms. The normalized spacial score (nSPS) is 10.4. The van der Waals surface area contributed by atoms with E-state index in [0.29, 0.717) is 5.88 Å². The van der Waals surface area contributed by atoms with Gasteiger partial charge in [0.2, 0.25) is 5.88 Å². The summed E-state index contributed by atoms with van der Waals surface area (Å²) in [5.41, 5.74) is 0. The number of fused-ring (bicyclic) bond motifs is 1. The summed E-state index contributed by atoms with van der Waals surface area (Å²) in [6.45, 7) is 0. The zero-order valence-electron chi connectivity index (χ0n) is 9.21. The smallest absolute Gasteiger partial charge is 0.227 e. The molecular weight excluding hydrogens is 210 g/mol. The van der Waals surface area contributed by atoms with E-state index < -0.39 is 0 Å². The van der Waals surface area contributed by atoms with E-state index >= 15 is 0 Å². The van der Waals surface area contributed by atoms with E-state index in [9.17, 15) is 0 Å². The van der Waals surface area contributed by atoms with Crippen molar-refractivity contribution in [3.8, 4) is 11.6 Å². The van der Waals surface area contributed by atoms with Crippen molar-refractivity contribution in [3.63, 3.8) is 0 Å². The van der Waals surface area contributed by atoms with Gasteiger partial charge >= 0.3 is 0 Å². The first-order valence-corrected chi connectivity index (χ1v) is 5.50. The van der Waals surface area contributed by atoms with Crippen LogP contribution in [0.4, 0.5) is 0 Å². The molecule has 1 aromatic heterocycles. The fourth-order valence-electron chi connectivity index (χ4n) is 1.77. The summed E-state index contributed by atoms with van der Waals surface area (Å²) in [6, 6.07) is 19.7. The van der Waals surface area contributed by atoms with Gasteiger partial charge in [-0.3, -0.25) is 0 Å². The van der Waals surface area contributed by atoms with Gasteiger partial charge in [-0.2, -0.15) is 0 Å². The Kier molecular flexibility index (Phi) is 2.47. The molecule has 0 bridgehead atoms. The van der Waals surface area contributed by atoms with Gasteiger partial charge in [0.1, 0.15) is 5.75 Å². The van der Waals surface area contributed by atoms with Crippen molar-refractivity contribution in [3.05, 3.63) is 66.9 Å². The van der Waals surface area contributed by atoms with Crippen LogP contribution in [0.25, 0.3) is 10.8 Å². The summed E-state index contributed by atoms with van der Waals surface area (Å²) in [7, 11) is 0. The molecule has 1 heterocycles. The Hall–Kier alpha value is -2.35. The second-order valence-corrected chi connectivity index (χ2v) is 3.75. The monoisotopic (exact) mass is 221 g/mol. The van der Waals surface area contributed by atoms with Crippen LogP contribution in [-0.4, -0.2) is 4.98 Å². The minimum Gasteiger partial charge on any atom is -0.438 e. The summed E-state index contributed by atoms with van der Waals surface area (Å²) >= 11 is 0. The van der Waals surface area contributed by atoms with Crippen molar-refractivity contribution in [2.75, 3.05) is 0 Å². The largest absolute Gasteiger partial charge is 0.438 e. The highest BCUT2D eigenvalue weighted by Gasteiger charge is 2.03. The fourth-order valence-corrected chi connectivity index (χ4v) is 1.77.